The summed E-state index contributed by atoms with van der Waals surface area (Å²) >= 11 is 3.40. The van der Waals surface area contributed by atoms with Gasteiger partial charge in [-0.15, -0.1) is 0 Å². The van der Waals surface area contributed by atoms with Crippen LogP contribution in [0.4, 0.5) is 17.1 Å². The summed E-state index contributed by atoms with van der Waals surface area (Å²) in [4.78, 5) is 23.4. The van der Waals surface area contributed by atoms with Crippen molar-refractivity contribution in [3.63, 3.8) is 0 Å². The topological polar surface area (TPSA) is 159 Å². The molecule has 2 aromatic rings. The van der Waals surface area contributed by atoms with Gasteiger partial charge in [0.2, 0.25) is 0 Å². The third-order valence-electron chi connectivity index (χ3n) is 5.76. The minimum absolute atomic E-state index is 0.137. The summed E-state index contributed by atoms with van der Waals surface area (Å²) in [6, 6.07) is 10.4. The van der Waals surface area contributed by atoms with Crippen molar-refractivity contribution in [2.75, 3.05) is 56.9 Å². The monoisotopic (exact) mass is 541 g/mol. The van der Waals surface area contributed by atoms with Gasteiger partial charge in [0, 0.05) is 47.6 Å². The number of nitrogens with zero attached hydrogens (tertiary/aromatic N) is 3. The van der Waals surface area contributed by atoms with E-state index in [9.17, 15) is 27.9 Å². The van der Waals surface area contributed by atoms with Gasteiger partial charge in [0.1, 0.15) is 10.1 Å². The van der Waals surface area contributed by atoms with Crippen LogP contribution in [0.2, 0.25) is 0 Å². The van der Waals surface area contributed by atoms with Crippen molar-refractivity contribution in [1.82, 2.24) is 4.90 Å². The number of rotatable bonds is 5. The normalized spacial score (nSPS) is 21.6. The molecule has 1 amide bonds. The Morgan fingerprint density at radius 1 is 1.12 bits per heavy atom. The first kappa shape index (κ1) is 25.1. The number of fused-ring (bicyclic) bond motifs is 3. The number of non-ortho nitro benzene ring substituents is 1. The number of hydrogen-bond donors (Lipinski definition) is 2. The van der Waals surface area contributed by atoms with Crippen LogP contribution < -0.4 is 11.1 Å². The molecular weight excluding hydrogens is 518 g/mol. The second kappa shape index (κ2) is 10.1. The van der Waals surface area contributed by atoms with Crippen LogP contribution in [-0.2, 0) is 14.9 Å². The molecule has 0 unspecified atom stereocenters. The number of hydrogen-bond acceptors (Lipinski definition) is 8. The molecule has 3 heterocycles. The Morgan fingerprint density at radius 2 is 1.70 bits per heavy atom. The zero-order valence-corrected chi connectivity index (χ0v) is 20.0. The van der Waals surface area contributed by atoms with Gasteiger partial charge >= 0.3 is 0 Å². The first-order chi connectivity index (χ1) is 15.5. The Bertz CT molecular complexity index is 1120. The summed E-state index contributed by atoms with van der Waals surface area (Å²) in [7, 11) is -4.77. The van der Waals surface area contributed by atoms with Crippen LogP contribution in [0.15, 0.2) is 51.8 Å². The van der Waals surface area contributed by atoms with Gasteiger partial charge in [-0.1, -0.05) is 15.9 Å². The van der Waals surface area contributed by atoms with Gasteiger partial charge in [-0.25, -0.2) is 8.42 Å². The molecule has 0 saturated carbocycles. The second-order valence-electron chi connectivity index (χ2n) is 8.00. The lowest BCUT2D eigenvalue weighted by molar-refractivity contribution is -0.933. The average molecular weight is 542 g/mol. The lowest BCUT2D eigenvalue weighted by atomic mass is 10.1. The number of nitrogen functional groups attached to an aromatic ring is 1. The summed E-state index contributed by atoms with van der Waals surface area (Å²) < 4.78 is 33.7. The lowest BCUT2D eigenvalue weighted by Gasteiger charge is -2.50. The minimum Gasteiger partial charge on any atom is -0.744 e. The number of nitrogens with one attached hydrogen (secondary N) is 1. The summed E-state index contributed by atoms with van der Waals surface area (Å²) in [6.07, 6.45) is 0. The van der Waals surface area contributed by atoms with E-state index in [-0.39, 0.29) is 11.6 Å². The van der Waals surface area contributed by atoms with E-state index in [2.05, 4.69) is 26.1 Å². The fourth-order valence-corrected chi connectivity index (χ4v) is 4.75. The molecule has 0 spiro atoms. The highest BCUT2D eigenvalue weighted by molar-refractivity contribution is 9.10. The van der Waals surface area contributed by atoms with Crippen molar-refractivity contribution in [2.45, 2.75) is 4.90 Å². The zero-order valence-electron chi connectivity index (χ0n) is 17.6. The Balaban J connectivity index is 0.000000196. The van der Waals surface area contributed by atoms with Crippen molar-refractivity contribution in [2.24, 2.45) is 0 Å². The average Bonchev–Trinajstić information content (AvgIpc) is 2.76. The number of benzene rings is 2. The van der Waals surface area contributed by atoms with Crippen molar-refractivity contribution in [3.05, 3.63) is 57.1 Å². The summed E-state index contributed by atoms with van der Waals surface area (Å²) in [5, 5.41) is 13.3. The molecule has 0 aromatic heterocycles. The molecule has 0 radical (unpaired) electrons. The van der Waals surface area contributed by atoms with Crippen molar-refractivity contribution in [3.8, 4) is 0 Å². The van der Waals surface area contributed by atoms with Crippen molar-refractivity contribution >= 4 is 49.0 Å². The van der Waals surface area contributed by atoms with Crippen LogP contribution in [0.5, 0.6) is 0 Å². The number of nitro benzene ring substituents is 1. The Hall–Kier alpha value is -2.58. The molecule has 0 atom stereocenters. The van der Waals surface area contributed by atoms with Crippen molar-refractivity contribution < 1.29 is 27.2 Å². The maximum absolute atomic E-state index is 12.2. The largest absolute Gasteiger partial charge is 0.744 e. The number of piperazine rings is 3. The predicted octanol–water partition coefficient (Wildman–Crippen LogP) is 1.61. The molecule has 2 bridgehead atoms. The summed E-state index contributed by atoms with van der Waals surface area (Å²) in [6.45, 7) is 7.40. The Morgan fingerprint density at radius 3 is 2.21 bits per heavy atom. The molecule has 0 aliphatic carbocycles. The van der Waals surface area contributed by atoms with E-state index >= 15 is 0 Å². The highest BCUT2D eigenvalue weighted by Crippen LogP contribution is 2.23. The third kappa shape index (κ3) is 6.71. The lowest BCUT2D eigenvalue weighted by Crippen LogP contribution is -2.68. The van der Waals surface area contributed by atoms with E-state index in [4.69, 9.17) is 5.73 Å². The van der Waals surface area contributed by atoms with Crippen molar-refractivity contribution in [1.29, 1.82) is 0 Å². The molecule has 3 fully saturated rings. The van der Waals surface area contributed by atoms with E-state index in [1.807, 2.05) is 24.3 Å². The van der Waals surface area contributed by atoms with Crippen LogP contribution in [0.1, 0.15) is 0 Å². The first-order valence-corrected chi connectivity index (χ1v) is 12.3. The van der Waals surface area contributed by atoms with Gasteiger partial charge in [-0.3, -0.25) is 19.8 Å². The molecule has 33 heavy (non-hydrogen) atoms. The Labute approximate surface area is 199 Å². The molecule has 5 rings (SSSR count). The van der Waals surface area contributed by atoms with Gasteiger partial charge in [-0.2, -0.15) is 0 Å². The van der Waals surface area contributed by atoms with E-state index in [0.717, 1.165) is 66.0 Å². The van der Waals surface area contributed by atoms with E-state index in [0.29, 0.717) is 12.6 Å². The molecule has 13 heteroatoms. The van der Waals surface area contributed by atoms with Gasteiger partial charge in [0.05, 0.1) is 29.5 Å². The number of halogens is 1. The second-order valence-corrected chi connectivity index (χ2v) is 10.3. The van der Waals surface area contributed by atoms with E-state index < -0.39 is 25.6 Å². The predicted molar refractivity (Wildman–Crippen MR) is 124 cm³/mol. The highest BCUT2D eigenvalue weighted by atomic mass is 79.9. The molecule has 2 aromatic carbocycles. The molecule has 3 aliphatic heterocycles. The zero-order chi connectivity index (χ0) is 24.2. The molecule has 3 saturated heterocycles. The quantitative estimate of drug-likeness (QED) is 0.190. The summed E-state index contributed by atoms with van der Waals surface area (Å²) in [5.41, 5.74) is 5.26. The van der Waals surface area contributed by atoms with E-state index in [1.54, 1.807) is 0 Å². The molecule has 178 valence electrons. The molecular formula is C20H24BrN5O6S. The summed E-state index contributed by atoms with van der Waals surface area (Å²) in [5.74, 6) is 0.137. The SMILES string of the molecule is Nc1ccc([N+](=O)[O-])cc1S(=O)(=O)[O-].O=C(C[N+]12CCN(CC1)CC2)Nc1ccc(Br)cc1. The van der Waals surface area contributed by atoms with Gasteiger partial charge in [0.25, 0.3) is 11.6 Å². The van der Waals surface area contributed by atoms with Crippen LogP contribution in [0, 0.1) is 10.1 Å². The maximum atomic E-state index is 12.2. The van der Waals surface area contributed by atoms with E-state index in [1.165, 1.54) is 0 Å². The molecule has 3 N–H and O–H groups in total. The van der Waals surface area contributed by atoms with Gasteiger partial charge < -0.3 is 20.1 Å². The number of carbonyl (C=O) groups excluding carboxylic acids is 1. The van der Waals surface area contributed by atoms with Crippen LogP contribution >= 0.6 is 15.9 Å². The Kier molecular flexibility index (Phi) is 7.69. The fourth-order valence-electron chi connectivity index (χ4n) is 3.86. The number of carbonyl (C=O) groups is 1. The highest BCUT2D eigenvalue weighted by Gasteiger charge is 2.39. The molecule has 11 nitrogen and oxygen atoms in total. The number of nitrogens with two attached hydrogens (primary N) is 1. The van der Waals surface area contributed by atoms with Gasteiger partial charge in [-0.05, 0) is 30.3 Å². The van der Waals surface area contributed by atoms with Crippen LogP contribution in [0.3, 0.4) is 0 Å². The van der Waals surface area contributed by atoms with Crippen LogP contribution in [-0.4, -0.2) is 79.0 Å². The smallest absolute Gasteiger partial charge is 0.279 e. The molecule has 3 aliphatic rings. The number of amides is 1. The number of quaternary nitrogens is 1. The first-order valence-electron chi connectivity index (χ1n) is 10.1. The fraction of sp³-hybridized carbons (Fsp3) is 0.350. The minimum atomic E-state index is -4.77. The van der Waals surface area contributed by atoms with Gasteiger partial charge in [0.15, 0.2) is 6.54 Å². The standard InChI is InChI=1S/C14H18BrN3O.C6H6N2O5S/c15-12-1-3-13(4-2-12)16-14(19)11-18-8-5-17(6-9-18)7-10-18;7-5-2-1-4(8(9)10)3-6(5)14(11,12)13/h1-4H,5-11H2;1-3H,7H2,(H,11,12,13). The number of anilines is 2. The number of nitro groups is 1. The van der Waals surface area contributed by atoms with Crippen LogP contribution in [0.25, 0.3) is 0 Å². The maximum Gasteiger partial charge on any atom is 0.279 e. The third-order valence-corrected chi connectivity index (χ3v) is 7.18.